The summed E-state index contributed by atoms with van der Waals surface area (Å²) < 4.78 is 13.4. The summed E-state index contributed by atoms with van der Waals surface area (Å²) in [6, 6.07) is 3.64. The van der Waals surface area contributed by atoms with Gasteiger partial charge in [0.25, 0.3) is 0 Å². The molecule has 0 saturated heterocycles. The fourth-order valence-electron chi connectivity index (χ4n) is 1.21. The predicted octanol–water partition coefficient (Wildman–Crippen LogP) is 2.47. The van der Waals surface area contributed by atoms with Crippen molar-refractivity contribution in [1.29, 1.82) is 0 Å². The quantitative estimate of drug-likeness (QED) is 0.722. The van der Waals surface area contributed by atoms with E-state index in [-0.39, 0.29) is 23.7 Å². The van der Waals surface area contributed by atoms with Gasteiger partial charge < -0.3 is 15.7 Å². The molecular weight excluding hydrogens is 263 g/mol. The molecule has 0 unspecified atom stereocenters. The van der Waals surface area contributed by atoms with E-state index < -0.39 is 17.8 Å². The lowest BCUT2D eigenvalue weighted by Crippen LogP contribution is -2.30. The maximum absolute atomic E-state index is 13.4. The summed E-state index contributed by atoms with van der Waals surface area (Å²) >= 11 is 5.55. The fraction of sp³-hybridized carbons (Fsp3) is 0.273. The number of rotatable bonds is 5. The first kappa shape index (κ1) is 14.2. The number of hydrogen-bond donors (Lipinski definition) is 3. The van der Waals surface area contributed by atoms with Gasteiger partial charge >= 0.3 is 12.0 Å². The molecule has 0 atom stereocenters. The average molecular weight is 275 g/mol. The number of halogens is 2. The highest BCUT2D eigenvalue weighted by molar-refractivity contribution is 6.31. The Kier molecular flexibility index (Phi) is 5.38. The number of nitrogens with one attached hydrogen (secondary N) is 2. The number of aliphatic carboxylic acids is 1. The van der Waals surface area contributed by atoms with Crippen LogP contribution in [0, 0.1) is 5.82 Å². The lowest BCUT2D eigenvalue weighted by atomic mass is 10.3. The van der Waals surface area contributed by atoms with E-state index in [1.54, 1.807) is 0 Å². The molecule has 2 amide bonds. The van der Waals surface area contributed by atoms with Crippen LogP contribution in [0.2, 0.25) is 5.02 Å². The van der Waals surface area contributed by atoms with E-state index in [0.717, 1.165) is 0 Å². The Balaban J connectivity index is 2.40. The topological polar surface area (TPSA) is 78.4 Å². The molecule has 1 aromatic carbocycles. The highest BCUT2D eigenvalue weighted by atomic mass is 35.5. The molecule has 1 aromatic rings. The van der Waals surface area contributed by atoms with Gasteiger partial charge in [-0.25, -0.2) is 9.18 Å². The van der Waals surface area contributed by atoms with E-state index in [4.69, 9.17) is 16.7 Å². The number of anilines is 1. The van der Waals surface area contributed by atoms with Gasteiger partial charge in [-0.1, -0.05) is 17.7 Å². The largest absolute Gasteiger partial charge is 0.481 e. The summed E-state index contributed by atoms with van der Waals surface area (Å²) in [4.78, 5) is 21.6. The van der Waals surface area contributed by atoms with Crippen molar-refractivity contribution in [3.8, 4) is 0 Å². The molecule has 0 spiro atoms. The predicted molar refractivity (Wildman–Crippen MR) is 65.3 cm³/mol. The maximum atomic E-state index is 13.4. The van der Waals surface area contributed by atoms with E-state index in [9.17, 15) is 14.0 Å². The van der Waals surface area contributed by atoms with Gasteiger partial charge in [0.05, 0.1) is 10.7 Å². The number of carboxylic acids is 1. The molecule has 0 aliphatic carbocycles. The zero-order chi connectivity index (χ0) is 13.5. The molecule has 0 aliphatic heterocycles. The molecule has 0 bridgehead atoms. The van der Waals surface area contributed by atoms with Crippen LogP contribution >= 0.6 is 11.6 Å². The molecule has 18 heavy (non-hydrogen) atoms. The second-order valence-corrected chi connectivity index (χ2v) is 3.89. The van der Waals surface area contributed by atoms with Gasteiger partial charge in [-0.15, -0.1) is 0 Å². The monoisotopic (exact) mass is 274 g/mol. The van der Waals surface area contributed by atoms with Crippen molar-refractivity contribution >= 4 is 29.3 Å². The molecule has 0 aliphatic rings. The van der Waals surface area contributed by atoms with Crippen LogP contribution in [0.25, 0.3) is 0 Å². The summed E-state index contributed by atoms with van der Waals surface area (Å²) in [5.74, 6) is -1.64. The minimum Gasteiger partial charge on any atom is -0.481 e. The summed E-state index contributed by atoms with van der Waals surface area (Å²) in [5, 5.41) is 13.0. The third kappa shape index (κ3) is 4.58. The molecule has 0 fully saturated rings. The van der Waals surface area contributed by atoms with Crippen molar-refractivity contribution in [3.05, 3.63) is 29.0 Å². The van der Waals surface area contributed by atoms with Crippen molar-refractivity contribution in [2.24, 2.45) is 0 Å². The SMILES string of the molecule is O=C(O)CCCNC(=O)Nc1cccc(Cl)c1F. The van der Waals surface area contributed by atoms with Gasteiger partial charge in [0, 0.05) is 13.0 Å². The number of hydrogen-bond acceptors (Lipinski definition) is 2. The van der Waals surface area contributed by atoms with E-state index in [1.807, 2.05) is 0 Å². The molecule has 0 radical (unpaired) electrons. The number of amides is 2. The van der Waals surface area contributed by atoms with Crippen molar-refractivity contribution in [1.82, 2.24) is 5.32 Å². The van der Waals surface area contributed by atoms with Gasteiger partial charge in [0.1, 0.15) is 0 Å². The standard InChI is InChI=1S/C11H12ClFN2O3/c12-7-3-1-4-8(10(7)13)15-11(18)14-6-2-5-9(16)17/h1,3-4H,2,5-6H2,(H,16,17)(H2,14,15,18). The van der Waals surface area contributed by atoms with Crippen LogP contribution in [0.4, 0.5) is 14.9 Å². The Morgan fingerprint density at radius 3 is 2.78 bits per heavy atom. The highest BCUT2D eigenvalue weighted by Crippen LogP contribution is 2.21. The molecule has 0 aromatic heterocycles. The second kappa shape index (κ2) is 6.80. The van der Waals surface area contributed by atoms with Crippen LogP contribution in [0.3, 0.4) is 0 Å². The normalized spacial score (nSPS) is 9.89. The lowest BCUT2D eigenvalue weighted by Gasteiger charge is -2.08. The van der Waals surface area contributed by atoms with Crippen LogP contribution < -0.4 is 10.6 Å². The van der Waals surface area contributed by atoms with Crippen LogP contribution in [0.5, 0.6) is 0 Å². The van der Waals surface area contributed by atoms with Gasteiger partial charge in [-0.2, -0.15) is 0 Å². The molecule has 0 heterocycles. The minimum absolute atomic E-state index is 0.0294. The molecule has 0 saturated carbocycles. The molecule has 3 N–H and O–H groups in total. The van der Waals surface area contributed by atoms with E-state index >= 15 is 0 Å². The first-order valence-electron chi connectivity index (χ1n) is 5.21. The number of carbonyl (C=O) groups is 2. The van der Waals surface area contributed by atoms with Crippen LogP contribution in [0.15, 0.2) is 18.2 Å². The Morgan fingerprint density at radius 1 is 1.39 bits per heavy atom. The first-order valence-corrected chi connectivity index (χ1v) is 5.59. The summed E-state index contributed by atoms with van der Waals surface area (Å²) in [6.07, 6.45) is 0.270. The first-order chi connectivity index (χ1) is 8.50. The summed E-state index contributed by atoms with van der Waals surface area (Å²) in [7, 11) is 0. The number of urea groups is 1. The Hall–Kier alpha value is -1.82. The average Bonchev–Trinajstić information content (AvgIpc) is 2.30. The Bertz CT molecular complexity index is 454. The number of benzene rings is 1. The van der Waals surface area contributed by atoms with Crippen LogP contribution in [-0.4, -0.2) is 23.7 Å². The van der Waals surface area contributed by atoms with E-state index in [0.29, 0.717) is 6.42 Å². The third-order valence-corrected chi connectivity index (χ3v) is 2.34. The molecule has 1 rings (SSSR count). The van der Waals surface area contributed by atoms with Crippen LogP contribution in [-0.2, 0) is 4.79 Å². The maximum Gasteiger partial charge on any atom is 0.319 e. The third-order valence-electron chi connectivity index (χ3n) is 2.05. The number of carbonyl (C=O) groups excluding carboxylic acids is 1. The summed E-state index contributed by atoms with van der Waals surface area (Å²) in [5.41, 5.74) is -0.0294. The van der Waals surface area contributed by atoms with Gasteiger partial charge in [-0.05, 0) is 18.6 Å². The van der Waals surface area contributed by atoms with Crippen molar-refractivity contribution in [2.75, 3.05) is 11.9 Å². The molecule has 7 heteroatoms. The molecule has 98 valence electrons. The van der Waals surface area contributed by atoms with Crippen LogP contribution in [0.1, 0.15) is 12.8 Å². The number of carboxylic acid groups (broad SMARTS) is 1. The zero-order valence-corrected chi connectivity index (χ0v) is 10.1. The molecular formula is C11H12ClFN2O3. The Labute approximate surface area is 108 Å². The molecule has 5 nitrogen and oxygen atoms in total. The van der Waals surface area contributed by atoms with Gasteiger partial charge in [-0.3, -0.25) is 4.79 Å². The lowest BCUT2D eigenvalue weighted by molar-refractivity contribution is -0.137. The Morgan fingerprint density at radius 2 is 2.11 bits per heavy atom. The van der Waals surface area contributed by atoms with Crippen molar-refractivity contribution in [2.45, 2.75) is 12.8 Å². The summed E-state index contributed by atoms with van der Waals surface area (Å²) in [6.45, 7) is 0.195. The highest BCUT2D eigenvalue weighted by Gasteiger charge is 2.09. The zero-order valence-electron chi connectivity index (χ0n) is 9.37. The van der Waals surface area contributed by atoms with Gasteiger partial charge in [0.2, 0.25) is 0 Å². The van der Waals surface area contributed by atoms with Crippen molar-refractivity contribution in [3.63, 3.8) is 0 Å². The van der Waals surface area contributed by atoms with E-state index in [1.165, 1.54) is 18.2 Å². The van der Waals surface area contributed by atoms with Crippen molar-refractivity contribution < 1.29 is 19.1 Å². The van der Waals surface area contributed by atoms with E-state index in [2.05, 4.69) is 10.6 Å². The fourth-order valence-corrected chi connectivity index (χ4v) is 1.38. The smallest absolute Gasteiger partial charge is 0.319 e. The van der Waals surface area contributed by atoms with Gasteiger partial charge in [0.15, 0.2) is 5.82 Å². The second-order valence-electron chi connectivity index (χ2n) is 3.48. The minimum atomic E-state index is -0.932.